The Kier molecular flexibility index (Phi) is 6.12. The maximum Gasteiger partial charge on any atom is 0.433 e. The summed E-state index contributed by atoms with van der Waals surface area (Å²) in [6, 6.07) is 5.20. The molecular weight excluding hydrogens is 405 g/mol. The van der Waals surface area contributed by atoms with Crippen molar-refractivity contribution in [3.8, 4) is 0 Å². The standard InChI is InChI=1S/C20H24ClF3N4O/c1-12(2)28-18(20(22,23)24)16(10-26-28)19(29)25-9-14-6-7-27(11-14)17-8-15(21)5-4-13(17)3/h4-5,8,10,12,14H,6-7,9,11H2,1-3H3,(H,25,29). The first-order chi connectivity index (χ1) is 13.6. The number of hydrogen-bond donors (Lipinski definition) is 1. The van der Waals surface area contributed by atoms with Crippen LogP contribution in [0, 0.1) is 12.8 Å². The molecule has 1 fully saturated rings. The SMILES string of the molecule is Cc1ccc(Cl)cc1N1CCC(CNC(=O)c2cnn(C(C)C)c2C(F)(F)F)C1. The molecule has 9 heteroatoms. The number of aromatic nitrogens is 2. The van der Waals surface area contributed by atoms with E-state index in [9.17, 15) is 18.0 Å². The molecule has 0 aliphatic carbocycles. The normalized spacial score (nSPS) is 17.2. The molecule has 3 rings (SSSR count). The molecule has 1 N–H and O–H groups in total. The molecule has 2 heterocycles. The third kappa shape index (κ3) is 4.69. The summed E-state index contributed by atoms with van der Waals surface area (Å²) in [5.41, 5.74) is 0.707. The summed E-state index contributed by atoms with van der Waals surface area (Å²) in [6.07, 6.45) is -2.82. The molecule has 2 aromatic rings. The van der Waals surface area contributed by atoms with E-state index in [1.807, 2.05) is 25.1 Å². The molecule has 0 bridgehead atoms. The van der Waals surface area contributed by atoms with Crippen LogP contribution in [-0.4, -0.2) is 35.3 Å². The molecule has 1 aliphatic heterocycles. The first-order valence-electron chi connectivity index (χ1n) is 9.52. The van der Waals surface area contributed by atoms with E-state index >= 15 is 0 Å². The highest BCUT2D eigenvalue weighted by Crippen LogP contribution is 2.34. The Balaban J connectivity index is 1.66. The summed E-state index contributed by atoms with van der Waals surface area (Å²) < 4.78 is 41.2. The van der Waals surface area contributed by atoms with Gasteiger partial charge in [0.1, 0.15) is 0 Å². The summed E-state index contributed by atoms with van der Waals surface area (Å²) in [5, 5.41) is 7.08. The number of aryl methyl sites for hydroxylation is 1. The van der Waals surface area contributed by atoms with Gasteiger partial charge in [0.15, 0.2) is 5.69 Å². The van der Waals surface area contributed by atoms with E-state index in [-0.39, 0.29) is 5.92 Å². The fraction of sp³-hybridized carbons (Fsp3) is 0.500. The van der Waals surface area contributed by atoms with Crippen molar-refractivity contribution in [1.29, 1.82) is 0 Å². The molecule has 1 aliphatic rings. The van der Waals surface area contributed by atoms with Gasteiger partial charge in [-0.25, -0.2) is 0 Å². The zero-order chi connectivity index (χ0) is 21.3. The van der Waals surface area contributed by atoms with Gasteiger partial charge in [-0.1, -0.05) is 17.7 Å². The predicted molar refractivity (Wildman–Crippen MR) is 106 cm³/mol. The Morgan fingerprint density at radius 2 is 2.10 bits per heavy atom. The van der Waals surface area contributed by atoms with Crippen LogP contribution < -0.4 is 10.2 Å². The van der Waals surface area contributed by atoms with Crippen LogP contribution in [-0.2, 0) is 6.18 Å². The quantitative estimate of drug-likeness (QED) is 0.751. The summed E-state index contributed by atoms with van der Waals surface area (Å²) in [6.45, 7) is 7.01. The van der Waals surface area contributed by atoms with Gasteiger partial charge in [-0.05, 0) is 50.8 Å². The summed E-state index contributed by atoms with van der Waals surface area (Å²) in [7, 11) is 0. The Morgan fingerprint density at radius 1 is 1.38 bits per heavy atom. The molecule has 1 unspecified atom stereocenters. The highest BCUT2D eigenvalue weighted by atomic mass is 35.5. The minimum absolute atomic E-state index is 0.145. The number of nitrogens with one attached hydrogen (secondary N) is 1. The second kappa shape index (κ2) is 8.26. The molecule has 1 amide bonds. The monoisotopic (exact) mass is 428 g/mol. The van der Waals surface area contributed by atoms with Crippen LogP contribution >= 0.6 is 11.6 Å². The number of carbonyl (C=O) groups is 1. The van der Waals surface area contributed by atoms with Gasteiger partial charge in [-0.15, -0.1) is 0 Å². The lowest BCUT2D eigenvalue weighted by Crippen LogP contribution is -2.32. The van der Waals surface area contributed by atoms with Crippen molar-refractivity contribution in [2.45, 2.75) is 39.4 Å². The van der Waals surface area contributed by atoms with Crippen molar-refractivity contribution >= 4 is 23.2 Å². The van der Waals surface area contributed by atoms with E-state index in [1.165, 1.54) is 0 Å². The molecule has 0 radical (unpaired) electrons. The first-order valence-corrected chi connectivity index (χ1v) is 9.89. The predicted octanol–water partition coefficient (Wildman–Crippen LogP) is 4.70. The van der Waals surface area contributed by atoms with Crippen LogP contribution in [0.1, 0.15) is 47.9 Å². The van der Waals surface area contributed by atoms with Crippen molar-refractivity contribution in [3.05, 3.63) is 46.2 Å². The fourth-order valence-electron chi connectivity index (χ4n) is 3.68. The third-order valence-corrected chi connectivity index (χ3v) is 5.38. The number of anilines is 1. The molecule has 1 aromatic carbocycles. The number of halogens is 4. The number of rotatable bonds is 5. The van der Waals surface area contributed by atoms with Crippen LogP contribution in [0.2, 0.25) is 5.02 Å². The molecule has 1 saturated heterocycles. The lowest BCUT2D eigenvalue weighted by Gasteiger charge is -2.21. The summed E-state index contributed by atoms with van der Waals surface area (Å²) >= 11 is 6.09. The van der Waals surface area contributed by atoms with E-state index in [2.05, 4.69) is 15.3 Å². The zero-order valence-corrected chi connectivity index (χ0v) is 17.3. The van der Waals surface area contributed by atoms with Gasteiger partial charge < -0.3 is 10.2 Å². The van der Waals surface area contributed by atoms with Crippen molar-refractivity contribution < 1.29 is 18.0 Å². The lowest BCUT2D eigenvalue weighted by atomic mass is 10.1. The van der Waals surface area contributed by atoms with Gasteiger partial charge in [0.2, 0.25) is 0 Å². The first kappa shape index (κ1) is 21.5. The number of amides is 1. The van der Waals surface area contributed by atoms with Crippen LogP contribution in [0.5, 0.6) is 0 Å². The molecule has 29 heavy (non-hydrogen) atoms. The Labute approximate surface area is 172 Å². The second-order valence-corrected chi connectivity index (χ2v) is 8.12. The van der Waals surface area contributed by atoms with Gasteiger partial charge >= 0.3 is 6.18 Å². The van der Waals surface area contributed by atoms with E-state index in [1.54, 1.807) is 13.8 Å². The molecular formula is C20H24ClF3N4O. The Hall–Kier alpha value is -2.22. The molecule has 0 spiro atoms. The molecule has 5 nitrogen and oxygen atoms in total. The fourth-order valence-corrected chi connectivity index (χ4v) is 3.84. The van der Waals surface area contributed by atoms with Crippen molar-refractivity contribution in [1.82, 2.24) is 15.1 Å². The topological polar surface area (TPSA) is 50.2 Å². The maximum absolute atomic E-state index is 13.5. The van der Waals surface area contributed by atoms with E-state index in [0.29, 0.717) is 18.1 Å². The van der Waals surface area contributed by atoms with E-state index in [0.717, 1.165) is 35.1 Å². The van der Waals surface area contributed by atoms with Crippen LogP contribution in [0.3, 0.4) is 0 Å². The summed E-state index contributed by atoms with van der Waals surface area (Å²) in [5.74, 6) is -0.603. The lowest BCUT2D eigenvalue weighted by molar-refractivity contribution is -0.145. The average molecular weight is 429 g/mol. The van der Waals surface area contributed by atoms with Crippen molar-refractivity contribution in [2.24, 2.45) is 5.92 Å². The van der Waals surface area contributed by atoms with Crippen molar-refractivity contribution in [3.63, 3.8) is 0 Å². The minimum atomic E-state index is -4.65. The van der Waals surface area contributed by atoms with Gasteiger partial charge in [0.25, 0.3) is 5.91 Å². The summed E-state index contributed by atoms with van der Waals surface area (Å²) in [4.78, 5) is 14.7. The van der Waals surface area contributed by atoms with Gasteiger partial charge in [0.05, 0.1) is 11.8 Å². The van der Waals surface area contributed by atoms with Crippen molar-refractivity contribution in [2.75, 3.05) is 24.5 Å². The van der Waals surface area contributed by atoms with Gasteiger partial charge in [-0.2, -0.15) is 18.3 Å². The Bertz CT molecular complexity index is 894. The van der Waals surface area contributed by atoms with Crippen LogP contribution in [0.25, 0.3) is 0 Å². The zero-order valence-electron chi connectivity index (χ0n) is 16.6. The van der Waals surface area contributed by atoms with Crippen LogP contribution in [0.15, 0.2) is 24.4 Å². The Morgan fingerprint density at radius 3 is 2.76 bits per heavy atom. The number of nitrogens with zero attached hydrogens (tertiary/aromatic N) is 3. The molecule has 0 saturated carbocycles. The van der Waals surface area contributed by atoms with Gasteiger partial charge in [-0.3, -0.25) is 9.48 Å². The average Bonchev–Trinajstić information content (AvgIpc) is 3.28. The van der Waals surface area contributed by atoms with E-state index < -0.39 is 29.4 Å². The molecule has 1 aromatic heterocycles. The highest BCUT2D eigenvalue weighted by Gasteiger charge is 2.40. The number of alkyl halides is 3. The van der Waals surface area contributed by atoms with E-state index in [4.69, 9.17) is 11.6 Å². The highest BCUT2D eigenvalue weighted by molar-refractivity contribution is 6.30. The third-order valence-electron chi connectivity index (χ3n) is 5.15. The van der Waals surface area contributed by atoms with Crippen LogP contribution in [0.4, 0.5) is 18.9 Å². The second-order valence-electron chi connectivity index (χ2n) is 7.68. The molecule has 158 valence electrons. The smallest absolute Gasteiger partial charge is 0.371 e. The van der Waals surface area contributed by atoms with Gasteiger partial charge in [0, 0.05) is 36.4 Å². The number of carbonyl (C=O) groups excluding carboxylic acids is 1. The number of benzene rings is 1. The number of hydrogen-bond acceptors (Lipinski definition) is 3. The maximum atomic E-state index is 13.5. The minimum Gasteiger partial charge on any atom is -0.371 e. The molecule has 1 atom stereocenters. The largest absolute Gasteiger partial charge is 0.433 e.